The van der Waals surface area contributed by atoms with Crippen LogP contribution in [0, 0.1) is 13.8 Å². The van der Waals surface area contributed by atoms with Crippen LogP contribution in [0.25, 0.3) is 10.2 Å². The van der Waals surface area contributed by atoms with Crippen molar-refractivity contribution in [1.82, 2.24) is 14.3 Å². The van der Waals surface area contributed by atoms with Crippen LogP contribution >= 0.6 is 11.3 Å². The van der Waals surface area contributed by atoms with Crippen LogP contribution in [0.4, 0.5) is 5.69 Å². The number of nitrogens with one attached hydrogen (secondary N) is 1. The predicted molar refractivity (Wildman–Crippen MR) is 90.8 cm³/mol. The first-order chi connectivity index (χ1) is 10.4. The SMILES string of the molecule is Cc1nn(C)c(C)c1NC(=O)c1cc2sccc2n1C(C)C. The normalized spacial score (nSPS) is 11.5. The maximum absolute atomic E-state index is 12.8. The molecule has 3 aromatic heterocycles. The standard InChI is InChI=1S/C16H20N4OS/c1-9(2)20-12-6-7-22-14(12)8-13(20)16(21)17-15-10(3)18-19(5)11(15)4/h6-9H,1-5H3,(H,17,21). The summed E-state index contributed by atoms with van der Waals surface area (Å²) in [6, 6.07) is 4.26. The van der Waals surface area contributed by atoms with Crippen molar-refractivity contribution in [3.63, 3.8) is 0 Å². The fraction of sp³-hybridized carbons (Fsp3) is 0.375. The van der Waals surface area contributed by atoms with Crippen molar-refractivity contribution in [3.05, 3.63) is 34.6 Å². The van der Waals surface area contributed by atoms with Crippen molar-refractivity contribution in [1.29, 1.82) is 0 Å². The molecule has 0 saturated carbocycles. The molecule has 0 aliphatic rings. The van der Waals surface area contributed by atoms with E-state index in [-0.39, 0.29) is 11.9 Å². The summed E-state index contributed by atoms with van der Waals surface area (Å²) in [4.78, 5) is 12.8. The predicted octanol–water partition coefficient (Wildman–Crippen LogP) is 3.89. The zero-order valence-electron chi connectivity index (χ0n) is 13.5. The van der Waals surface area contributed by atoms with Gasteiger partial charge in [-0.25, -0.2) is 0 Å². The zero-order valence-corrected chi connectivity index (χ0v) is 14.3. The number of aryl methyl sites for hydroxylation is 2. The minimum Gasteiger partial charge on any atom is -0.333 e. The van der Waals surface area contributed by atoms with Gasteiger partial charge in [0, 0.05) is 13.1 Å². The number of anilines is 1. The van der Waals surface area contributed by atoms with Crippen LogP contribution < -0.4 is 5.32 Å². The van der Waals surface area contributed by atoms with Crippen LogP contribution in [0.15, 0.2) is 17.5 Å². The van der Waals surface area contributed by atoms with Crippen LogP contribution in [0.5, 0.6) is 0 Å². The number of thiophene rings is 1. The fourth-order valence-electron chi connectivity index (χ4n) is 2.81. The van der Waals surface area contributed by atoms with E-state index in [1.54, 1.807) is 16.0 Å². The molecule has 116 valence electrons. The summed E-state index contributed by atoms with van der Waals surface area (Å²) in [6.45, 7) is 8.04. The molecule has 0 saturated heterocycles. The second-order valence-corrected chi connectivity index (χ2v) is 6.73. The van der Waals surface area contributed by atoms with Crippen molar-refractivity contribution in [2.75, 3.05) is 5.32 Å². The third kappa shape index (κ3) is 2.23. The number of hydrogen-bond donors (Lipinski definition) is 1. The summed E-state index contributed by atoms with van der Waals surface area (Å²) >= 11 is 1.66. The van der Waals surface area contributed by atoms with Crippen molar-refractivity contribution < 1.29 is 4.79 Å². The van der Waals surface area contributed by atoms with E-state index in [1.807, 2.05) is 27.0 Å². The maximum Gasteiger partial charge on any atom is 0.272 e. The molecule has 0 bridgehead atoms. The summed E-state index contributed by atoms with van der Waals surface area (Å²) in [5.41, 5.74) is 4.39. The highest BCUT2D eigenvalue weighted by atomic mass is 32.1. The molecular formula is C16H20N4OS. The molecule has 0 atom stereocenters. The topological polar surface area (TPSA) is 51.9 Å². The highest BCUT2D eigenvalue weighted by Crippen LogP contribution is 2.29. The van der Waals surface area contributed by atoms with E-state index in [9.17, 15) is 4.79 Å². The monoisotopic (exact) mass is 316 g/mol. The van der Waals surface area contributed by atoms with Gasteiger partial charge in [0.15, 0.2) is 0 Å². The van der Waals surface area contributed by atoms with Crippen LogP contribution in [0.2, 0.25) is 0 Å². The molecule has 22 heavy (non-hydrogen) atoms. The Labute approximate surface area is 133 Å². The molecule has 0 radical (unpaired) electrons. The van der Waals surface area contributed by atoms with Gasteiger partial charge in [-0.05, 0) is 45.2 Å². The minimum absolute atomic E-state index is 0.0868. The van der Waals surface area contributed by atoms with Gasteiger partial charge in [-0.1, -0.05) is 0 Å². The van der Waals surface area contributed by atoms with Crippen LogP contribution in [0.1, 0.15) is 41.8 Å². The van der Waals surface area contributed by atoms with Gasteiger partial charge < -0.3 is 9.88 Å². The van der Waals surface area contributed by atoms with Gasteiger partial charge in [0.05, 0.1) is 27.3 Å². The lowest BCUT2D eigenvalue weighted by atomic mass is 10.3. The van der Waals surface area contributed by atoms with E-state index in [4.69, 9.17) is 0 Å². The molecule has 1 amide bonds. The second kappa shape index (κ2) is 5.28. The van der Waals surface area contributed by atoms with E-state index >= 15 is 0 Å². The van der Waals surface area contributed by atoms with E-state index in [1.165, 1.54) is 0 Å². The van der Waals surface area contributed by atoms with Gasteiger partial charge in [-0.15, -0.1) is 11.3 Å². The Hall–Kier alpha value is -2.08. The maximum atomic E-state index is 12.8. The summed E-state index contributed by atoms with van der Waals surface area (Å²) in [7, 11) is 1.88. The third-order valence-electron chi connectivity index (χ3n) is 3.96. The number of hydrogen-bond acceptors (Lipinski definition) is 3. The molecule has 6 heteroatoms. The van der Waals surface area contributed by atoms with Crippen LogP contribution in [0.3, 0.4) is 0 Å². The molecule has 3 aromatic rings. The Morgan fingerprint density at radius 3 is 2.68 bits per heavy atom. The first-order valence-electron chi connectivity index (χ1n) is 7.30. The van der Waals surface area contributed by atoms with Crippen molar-refractivity contribution in [2.24, 2.45) is 7.05 Å². The number of carbonyl (C=O) groups is 1. The molecule has 1 N–H and O–H groups in total. The Balaban J connectivity index is 2.02. The molecule has 0 fully saturated rings. The van der Waals surface area contributed by atoms with Gasteiger partial charge >= 0.3 is 0 Å². The molecule has 3 rings (SSSR count). The van der Waals surface area contributed by atoms with E-state index < -0.39 is 0 Å². The van der Waals surface area contributed by atoms with Crippen molar-refractivity contribution in [3.8, 4) is 0 Å². The Bertz CT molecular complexity index is 853. The number of carbonyl (C=O) groups excluding carboxylic acids is 1. The summed E-state index contributed by atoms with van der Waals surface area (Å²) in [5.74, 6) is -0.0868. The number of amides is 1. The third-order valence-corrected chi connectivity index (χ3v) is 4.81. The zero-order chi connectivity index (χ0) is 16.0. The summed E-state index contributed by atoms with van der Waals surface area (Å²) in [6.07, 6.45) is 0. The molecule has 3 heterocycles. The number of nitrogens with zero attached hydrogens (tertiary/aromatic N) is 3. The van der Waals surface area contributed by atoms with E-state index in [0.29, 0.717) is 5.69 Å². The van der Waals surface area contributed by atoms with Crippen LogP contribution in [-0.4, -0.2) is 20.3 Å². The van der Waals surface area contributed by atoms with Crippen molar-refractivity contribution in [2.45, 2.75) is 33.7 Å². The summed E-state index contributed by atoms with van der Waals surface area (Å²) < 4.78 is 5.01. The summed E-state index contributed by atoms with van der Waals surface area (Å²) in [5, 5.41) is 9.42. The van der Waals surface area contributed by atoms with Gasteiger partial charge in [0.1, 0.15) is 5.69 Å². The molecular weight excluding hydrogens is 296 g/mol. The molecule has 0 aliphatic heterocycles. The average Bonchev–Trinajstić information content (AvgIpc) is 3.07. The fourth-order valence-corrected chi connectivity index (χ4v) is 3.62. The first-order valence-corrected chi connectivity index (χ1v) is 8.18. The average molecular weight is 316 g/mol. The lowest BCUT2D eigenvalue weighted by Crippen LogP contribution is -2.18. The van der Waals surface area contributed by atoms with Gasteiger partial charge in [0.2, 0.25) is 0 Å². The number of fused-ring (bicyclic) bond motifs is 1. The molecule has 5 nitrogen and oxygen atoms in total. The Morgan fingerprint density at radius 2 is 2.09 bits per heavy atom. The van der Waals surface area contributed by atoms with E-state index in [0.717, 1.165) is 27.3 Å². The lowest BCUT2D eigenvalue weighted by molar-refractivity contribution is 0.101. The highest BCUT2D eigenvalue weighted by molar-refractivity contribution is 7.17. The van der Waals surface area contributed by atoms with Crippen molar-refractivity contribution >= 4 is 33.1 Å². The lowest BCUT2D eigenvalue weighted by Gasteiger charge is -2.14. The van der Waals surface area contributed by atoms with Crippen LogP contribution in [-0.2, 0) is 7.05 Å². The van der Waals surface area contributed by atoms with Gasteiger partial charge in [0.25, 0.3) is 5.91 Å². The molecule has 0 unspecified atom stereocenters. The van der Waals surface area contributed by atoms with Gasteiger partial charge in [-0.3, -0.25) is 9.48 Å². The number of aromatic nitrogens is 3. The highest BCUT2D eigenvalue weighted by Gasteiger charge is 2.20. The number of rotatable bonds is 3. The largest absolute Gasteiger partial charge is 0.333 e. The molecule has 0 spiro atoms. The minimum atomic E-state index is -0.0868. The molecule has 0 aromatic carbocycles. The molecule has 0 aliphatic carbocycles. The first kappa shape index (κ1) is 14.8. The smallest absolute Gasteiger partial charge is 0.272 e. The van der Waals surface area contributed by atoms with E-state index in [2.05, 4.69) is 40.3 Å². The quantitative estimate of drug-likeness (QED) is 0.797. The van der Waals surface area contributed by atoms with Gasteiger partial charge in [-0.2, -0.15) is 5.10 Å². The Morgan fingerprint density at radius 1 is 1.36 bits per heavy atom. The second-order valence-electron chi connectivity index (χ2n) is 5.79. The Kier molecular flexibility index (Phi) is 3.56.